The molecular formula is C11H24N2O4. The summed E-state index contributed by atoms with van der Waals surface area (Å²) in [5.41, 5.74) is 5.50. The third kappa shape index (κ3) is 8.09. The van der Waals surface area contributed by atoms with Gasteiger partial charge in [0.1, 0.15) is 0 Å². The summed E-state index contributed by atoms with van der Waals surface area (Å²) in [7, 11) is 1.71. The van der Waals surface area contributed by atoms with Gasteiger partial charge in [-0.15, -0.1) is 0 Å². The van der Waals surface area contributed by atoms with Crippen LogP contribution in [0.3, 0.4) is 0 Å². The van der Waals surface area contributed by atoms with E-state index in [9.17, 15) is 4.79 Å². The highest BCUT2D eigenvalue weighted by molar-refractivity contribution is 5.76. The second-order valence-electron chi connectivity index (χ2n) is 3.67. The van der Waals surface area contributed by atoms with Gasteiger partial charge in [0, 0.05) is 26.7 Å². The van der Waals surface area contributed by atoms with Crippen LogP contribution in [-0.2, 0) is 14.3 Å². The Morgan fingerprint density at radius 3 is 2.71 bits per heavy atom. The lowest BCUT2D eigenvalue weighted by Gasteiger charge is -2.20. The Balaban J connectivity index is 3.79. The van der Waals surface area contributed by atoms with Crippen molar-refractivity contribution in [1.29, 1.82) is 0 Å². The number of amides is 1. The van der Waals surface area contributed by atoms with Gasteiger partial charge in [-0.05, 0) is 6.92 Å². The Morgan fingerprint density at radius 1 is 1.47 bits per heavy atom. The van der Waals surface area contributed by atoms with Gasteiger partial charge in [-0.3, -0.25) is 4.79 Å². The van der Waals surface area contributed by atoms with Crippen molar-refractivity contribution in [1.82, 2.24) is 4.90 Å². The van der Waals surface area contributed by atoms with Crippen LogP contribution in [0.15, 0.2) is 0 Å². The molecule has 0 aliphatic carbocycles. The molecule has 0 heterocycles. The molecule has 3 N–H and O–H groups in total. The molecule has 0 saturated heterocycles. The fourth-order valence-corrected chi connectivity index (χ4v) is 1.29. The maximum atomic E-state index is 11.7. The van der Waals surface area contributed by atoms with Crippen molar-refractivity contribution in [2.75, 3.05) is 46.6 Å². The molecule has 0 spiro atoms. The number of nitrogens with two attached hydrogens (primary N) is 1. The quantitative estimate of drug-likeness (QED) is 0.495. The zero-order chi connectivity index (χ0) is 13.1. The number of nitrogens with zero attached hydrogens (tertiary/aromatic N) is 1. The summed E-state index contributed by atoms with van der Waals surface area (Å²) >= 11 is 0. The second kappa shape index (κ2) is 10.5. The third-order valence-corrected chi connectivity index (χ3v) is 2.30. The molecule has 6 nitrogen and oxygen atoms in total. The zero-order valence-corrected chi connectivity index (χ0v) is 10.7. The predicted molar refractivity (Wildman–Crippen MR) is 64.6 cm³/mol. The fourth-order valence-electron chi connectivity index (χ4n) is 1.29. The number of hydrogen-bond donors (Lipinski definition) is 2. The highest BCUT2D eigenvalue weighted by Gasteiger charge is 2.15. The van der Waals surface area contributed by atoms with Crippen LogP contribution in [0.25, 0.3) is 0 Å². The number of rotatable bonds is 10. The minimum Gasteiger partial charge on any atom is -0.394 e. The normalized spacial score (nSPS) is 12.5. The van der Waals surface area contributed by atoms with Crippen LogP contribution in [0.2, 0.25) is 0 Å². The van der Waals surface area contributed by atoms with Gasteiger partial charge in [0.25, 0.3) is 0 Å². The van der Waals surface area contributed by atoms with E-state index in [4.69, 9.17) is 20.3 Å². The van der Waals surface area contributed by atoms with Crippen molar-refractivity contribution in [3.63, 3.8) is 0 Å². The standard InChI is InChI=1S/C11H24N2O4/c1-3-17-10(9-12)8-11(15)13(2)4-6-16-7-5-14/h10,14H,3-9,12H2,1-2H3. The van der Waals surface area contributed by atoms with Crippen molar-refractivity contribution >= 4 is 5.91 Å². The van der Waals surface area contributed by atoms with Crippen LogP contribution in [0.4, 0.5) is 0 Å². The van der Waals surface area contributed by atoms with E-state index in [1.165, 1.54) is 0 Å². The molecular weight excluding hydrogens is 224 g/mol. The Hall–Kier alpha value is -0.690. The number of carbonyl (C=O) groups excluding carboxylic acids is 1. The first-order chi connectivity index (χ1) is 8.15. The van der Waals surface area contributed by atoms with E-state index in [1.54, 1.807) is 11.9 Å². The van der Waals surface area contributed by atoms with Gasteiger partial charge in [-0.2, -0.15) is 0 Å². The summed E-state index contributed by atoms with van der Waals surface area (Å²) in [6.07, 6.45) is 0.0780. The first-order valence-electron chi connectivity index (χ1n) is 5.89. The molecule has 0 radical (unpaired) electrons. The number of likely N-dealkylation sites (N-methyl/N-ethyl adjacent to an activating group) is 1. The molecule has 0 fully saturated rings. The minimum absolute atomic E-state index is 0.00273. The van der Waals surface area contributed by atoms with Gasteiger partial charge in [0.05, 0.1) is 32.3 Å². The van der Waals surface area contributed by atoms with E-state index in [1.807, 2.05) is 6.92 Å². The molecule has 0 aromatic heterocycles. The SMILES string of the molecule is CCOC(CN)CC(=O)N(C)CCOCCO. The second-order valence-corrected chi connectivity index (χ2v) is 3.67. The van der Waals surface area contributed by atoms with Gasteiger partial charge >= 0.3 is 0 Å². The molecule has 0 aliphatic rings. The van der Waals surface area contributed by atoms with Gasteiger partial charge < -0.3 is 25.2 Å². The summed E-state index contributed by atoms with van der Waals surface area (Å²) in [5.74, 6) is -0.0125. The van der Waals surface area contributed by atoms with Crippen molar-refractivity contribution in [2.24, 2.45) is 5.73 Å². The molecule has 0 saturated carbocycles. The monoisotopic (exact) mass is 248 g/mol. The minimum atomic E-state index is -0.215. The molecule has 0 aromatic rings. The molecule has 1 atom stereocenters. The summed E-state index contributed by atoms with van der Waals surface area (Å²) in [5, 5.41) is 8.51. The van der Waals surface area contributed by atoms with Crippen LogP contribution in [0, 0.1) is 0 Å². The Kier molecular flexibility index (Phi) is 10.0. The van der Waals surface area contributed by atoms with E-state index < -0.39 is 0 Å². The molecule has 6 heteroatoms. The van der Waals surface area contributed by atoms with E-state index in [0.717, 1.165) is 0 Å². The van der Waals surface area contributed by atoms with E-state index in [-0.39, 0.29) is 18.6 Å². The lowest BCUT2D eigenvalue weighted by molar-refractivity contribution is -0.133. The smallest absolute Gasteiger partial charge is 0.225 e. The number of ether oxygens (including phenoxy) is 2. The van der Waals surface area contributed by atoms with Crippen molar-refractivity contribution in [3.05, 3.63) is 0 Å². The van der Waals surface area contributed by atoms with Gasteiger partial charge in [-0.1, -0.05) is 0 Å². The third-order valence-electron chi connectivity index (χ3n) is 2.30. The topological polar surface area (TPSA) is 85.0 Å². The molecule has 0 aliphatic heterocycles. The maximum absolute atomic E-state index is 11.7. The van der Waals surface area contributed by atoms with Crippen LogP contribution < -0.4 is 5.73 Å². The number of carbonyl (C=O) groups is 1. The first kappa shape index (κ1) is 16.3. The van der Waals surface area contributed by atoms with Crippen molar-refractivity contribution < 1.29 is 19.4 Å². The average Bonchev–Trinajstić information content (AvgIpc) is 2.33. The Morgan fingerprint density at radius 2 is 2.18 bits per heavy atom. The Bertz CT molecular complexity index is 202. The lowest BCUT2D eigenvalue weighted by Crippen LogP contribution is -2.35. The van der Waals surface area contributed by atoms with E-state index in [2.05, 4.69) is 0 Å². The van der Waals surface area contributed by atoms with Crippen LogP contribution in [0.5, 0.6) is 0 Å². The molecule has 0 rings (SSSR count). The Labute approximate surface area is 103 Å². The van der Waals surface area contributed by atoms with Crippen LogP contribution in [0.1, 0.15) is 13.3 Å². The predicted octanol–water partition coefficient (Wildman–Crippen LogP) is -0.792. The highest BCUT2D eigenvalue weighted by atomic mass is 16.5. The molecule has 102 valence electrons. The number of hydrogen-bond acceptors (Lipinski definition) is 5. The van der Waals surface area contributed by atoms with Crippen LogP contribution in [-0.4, -0.2) is 68.6 Å². The van der Waals surface area contributed by atoms with Gasteiger partial charge in [0.15, 0.2) is 0 Å². The first-order valence-corrected chi connectivity index (χ1v) is 5.89. The zero-order valence-electron chi connectivity index (χ0n) is 10.7. The van der Waals surface area contributed by atoms with E-state index in [0.29, 0.717) is 39.3 Å². The fraction of sp³-hybridized carbons (Fsp3) is 0.909. The van der Waals surface area contributed by atoms with Crippen molar-refractivity contribution in [2.45, 2.75) is 19.4 Å². The van der Waals surface area contributed by atoms with E-state index >= 15 is 0 Å². The highest BCUT2D eigenvalue weighted by Crippen LogP contribution is 2.00. The summed E-state index contributed by atoms with van der Waals surface area (Å²) in [6.45, 7) is 3.99. The maximum Gasteiger partial charge on any atom is 0.225 e. The molecule has 1 amide bonds. The largest absolute Gasteiger partial charge is 0.394 e. The summed E-state index contributed by atoms with van der Waals surface area (Å²) < 4.78 is 10.4. The van der Waals surface area contributed by atoms with Crippen LogP contribution >= 0.6 is 0 Å². The van der Waals surface area contributed by atoms with Gasteiger partial charge in [-0.25, -0.2) is 0 Å². The lowest BCUT2D eigenvalue weighted by atomic mass is 10.2. The number of aliphatic hydroxyl groups excluding tert-OH is 1. The molecule has 17 heavy (non-hydrogen) atoms. The molecule has 0 aromatic carbocycles. The molecule has 0 bridgehead atoms. The molecule has 1 unspecified atom stereocenters. The number of aliphatic hydroxyl groups is 1. The summed E-state index contributed by atoms with van der Waals surface area (Å²) in [4.78, 5) is 13.3. The summed E-state index contributed by atoms with van der Waals surface area (Å²) in [6, 6.07) is 0. The van der Waals surface area contributed by atoms with Gasteiger partial charge in [0.2, 0.25) is 5.91 Å². The van der Waals surface area contributed by atoms with Crippen molar-refractivity contribution in [3.8, 4) is 0 Å². The average molecular weight is 248 g/mol.